The van der Waals surface area contributed by atoms with Gasteiger partial charge in [-0.25, -0.2) is 0 Å². The SMILES string of the molecule is O=C(CS)C1=CC=C=C=C1c1ccccn1. The summed E-state index contributed by atoms with van der Waals surface area (Å²) in [6.45, 7) is 0. The molecule has 1 heterocycles. The maximum Gasteiger partial charge on any atom is 0.173 e. The van der Waals surface area contributed by atoms with Crippen molar-refractivity contribution < 1.29 is 4.79 Å². The second-order valence-electron chi connectivity index (χ2n) is 3.19. The zero-order valence-corrected chi connectivity index (χ0v) is 9.37. The molecule has 1 aromatic rings. The predicted molar refractivity (Wildman–Crippen MR) is 66.2 cm³/mol. The van der Waals surface area contributed by atoms with Crippen LogP contribution in [-0.2, 0) is 4.79 Å². The number of pyridine rings is 1. The van der Waals surface area contributed by atoms with Crippen LogP contribution in [0.15, 0.2) is 53.6 Å². The first-order chi connectivity index (χ1) is 7.83. The molecule has 16 heavy (non-hydrogen) atoms. The van der Waals surface area contributed by atoms with Gasteiger partial charge >= 0.3 is 0 Å². The van der Waals surface area contributed by atoms with Crippen molar-refractivity contribution in [2.75, 3.05) is 5.75 Å². The first kappa shape index (κ1) is 10.7. The Kier molecular flexibility index (Phi) is 3.23. The van der Waals surface area contributed by atoms with E-state index in [1.807, 2.05) is 18.2 Å². The van der Waals surface area contributed by atoms with Crippen LogP contribution in [0.3, 0.4) is 0 Å². The smallest absolute Gasteiger partial charge is 0.173 e. The molecule has 0 unspecified atom stereocenters. The molecular formula is C13H9NOS. The normalized spacial score (nSPS) is 13.3. The second-order valence-corrected chi connectivity index (χ2v) is 3.50. The number of ketones is 1. The fraction of sp³-hybridized carbons (Fsp3) is 0.0769. The molecule has 0 aromatic carbocycles. The van der Waals surface area contributed by atoms with E-state index in [1.54, 1.807) is 18.3 Å². The van der Waals surface area contributed by atoms with Crippen molar-refractivity contribution in [3.05, 3.63) is 59.3 Å². The van der Waals surface area contributed by atoms with Gasteiger partial charge in [0.1, 0.15) is 0 Å². The molecule has 78 valence electrons. The maximum atomic E-state index is 11.7. The lowest BCUT2D eigenvalue weighted by molar-refractivity contribution is -0.112. The lowest BCUT2D eigenvalue weighted by Crippen LogP contribution is -2.07. The summed E-state index contributed by atoms with van der Waals surface area (Å²) in [5, 5.41) is 0. The van der Waals surface area contributed by atoms with Gasteiger partial charge in [0.05, 0.1) is 17.0 Å². The van der Waals surface area contributed by atoms with Crippen LogP contribution in [0.5, 0.6) is 0 Å². The number of thiol groups is 1. The Morgan fingerprint density at radius 2 is 2.31 bits per heavy atom. The number of aromatic nitrogens is 1. The van der Waals surface area contributed by atoms with Crippen molar-refractivity contribution in [3.63, 3.8) is 0 Å². The average molecular weight is 227 g/mol. The summed E-state index contributed by atoms with van der Waals surface area (Å²) >= 11 is 3.99. The summed E-state index contributed by atoms with van der Waals surface area (Å²) in [4.78, 5) is 15.9. The van der Waals surface area contributed by atoms with Gasteiger partial charge in [-0.3, -0.25) is 9.78 Å². The van der Waals surface area contributed by atoms with Crippen LogP contribution in [0.1, 0.15) is 5.69 Å². The Morgan fingerprint density at radius 1 is 1.44 bits per heavy atom. The highest BCUT2D eigenvalue weighted by Gasteiger charge is 2.15. The number of rotatable bonds is 3. The van der Waals surface area contributed by atoms with Crippen molar-refractivity contribution in [1.29, 1.82) is 0 Å². The number of allylic oxidation sites excluding steroid dienone is 4. The summed E-state index contributed by atoms with van der Waals surface area (Å²) in [5.41, 5.74) is 7.76. The molecule has 2 rings (SSSR count). The fourth-order valence-electron chi connectivity index (χ4n) is 1.42. The predicted octanol–water partition coefficient (Wildman–Crippen LogP) is 2.21. The van der Waals surface area contributed by atoms with Gasteiger partial charge in [-0.15, -0.1) is 0 Å². The standard InChI is InChI=1S/C13H9NOS/c15-13(9-16)11-6-2-1-5-10(11)12-7-3-4-8-14-12/h2-4,6-8,16H,9H2. The number of carbonyl (C=O) groups excluding carboxylic acids is 1. The van der Waals surface area contributed by atoms with Crippen LogP contribution in [0, 0.1) is 0 Å². The minimum absolute atomic E-state index is 0.0331. The highest BCUT2D eigenvalue weighted by Crippen LogP contribution is 2.22. The Hall–Kier alpha value is -1.79. The molecule has 0 fully saturated rings. The minimum atomic E-state index is -0.0331. The van der Waals surface area contributed by atoms with E-state index < -0.39 is 0 Å². The topological polar surface area (TPSA) is 30.0 Å². The van der Waals surface area contributed by atoms with Crippen LogP contribution < -0.4 is 0 Å². The molecule has 0 atom stereocenters. The van der Waals surface area contributed by atoms with Gasteiger partial charge in [0, 0.05) is 11.8 Å². The summed E-state index contributed by atoms with van der Waals surface area (Å²) in [5.74, 6) is 0.145. The lowest BCUT2D eigenvalue weighted by Gasteiger charge is -2.07. The highest BCUT2D eigenvalue weighted by molar-refractivity contribution is 7.81. The van der Waals surface area contributed by atoms with E-state index in [-0.39, 0.29) is 11.5 Å². The Morgan fingerprint density at radius 3 is 3.00 bits per heavy atom. The average Bonchev–Trinajstić information content (AvgIpc) is 2.39. The molecule has 1 aliphatic carbocycles. The molecular weight excluding hydrogens is 218 g/mol. The molecule has 0 radical (unpaired) electrons. The monoisotopic (exact) mass is 227 g/mol. The maximum absolute atomic E-state index is 11.7. The van der Waals surface area contributed by atoms with E-state index in [0.29, 0.717) is 11.1 Å². The minimum Gasteiger partial charge on any atom is -0.293 e. The van der Waals surface area contributed by atoms with Crippen molar-refractivity contribution in [3.8, 4) is 0 Å². The van der Waals surface area contributed by atoms with Crippen LogP contribution in [0.4, 0.5) is 0 Å². The van der Waals surface area contributed by atoms with Crippen molar-refractivity contribution in [1.82, 2.24) is 4.98 Å². The van der Waals surface area contributed by atoms with E-state index in [2.05, 4.69) is 29.1 Å². The van der Waals surface area contributed by atoms with E-state index in [9.17, 15) is 4.79 Å². The number of carbonyl (C=O) groups is 1. The first-order valence-electron chi connectivity index (χ1n) is 4.81. The Bertz CT molecular complexity index is 545. The number of hydrogen-bond acceptors (Lipinski definition) is 3. The van der Waals surface area contributed by atoms with Gasteiger partial charge in [0.2, 0.25) is 0 Å². The third-order valence-electron chi connectivity index (χ3n) is 2.16. The first-order valence-corrected chi connectivity index (χ1v) is 5.44. The third-order valence-corrected chi connectivity index (χ3v) is 2.45. The highest BCUT2D eigenvalue weighted by atomic mass is 32.1. The molecule has 0 N–H and O–H groups in total. The Labute approximate surface area is 99.1 Å². The summed E-state index contributed by atoms with van der Waals surface area (Å²) in [7, 11) is 0. The molecule has 0 saturated carbocycles. The largest absolute Gasteiger partial charge is 0.293 e. The molecule has 0 saturated heterocycles. The van der Waals surface area contributed by atoms with Crippen molar-refractivity contribution >= 4 is 24.0 Å². The van der Waals surface area contributed by atoms with Gasteiger partial charge in [-0.2, -0.15) is 12.6 Å². The van der Waals surface area contributed by atoms with Crippen LogP contribution in [-0.4, -0.2) is 16.5 Å². The Balaban J connectivity index is 2.48. The van der Waals surface area contributed by atoms with Gasteiger partial charge < -0.3 is 0 Å². The van der Waals surface area contributed by atoms with Gasteiger partial charge in [0.15, 0.2) is 5.78 Å². The van der Waals surface area contributed by atoms with E-state index in [0.717, 1.165) is 5.69 Å². The van der Waals surface area contributed by atoms with Gasteiger partial charge in [-0.1, -0.05) is 17.5 Å². The molecule has 0 bridgehead atoms. The molecule has 1 aliphatic rings. The molecule has 0 amide bonds. The zero-order chi connectivity index (χ0) is 11.4. The van der Waals surface area contributed by atoms with Crippen molar-refractivity contribution in [2.45, 2.75) is 0 Å². The third kappa shape index (κ3) is 2.07. The summed E-state index contributed by atoms with van der Waals surface area (Å²) < 4.78 is 0. The zero-order valence-electron chi connectivity index (χ0n) is 8.47. The van der Waals surface area contributed by atoms with Crippen LogP contribution in [0.2, 0.25) is 0 Å². The number of hydrogen-bond donors (Lipinski definition) is 1. The molecule has 2 nitrogen and oxygen atoms in total. The number of nitrogens with zero attached hydrogens (tertiary/aromatic N) is 1. The summed E-state index contributed by atoms with van der Waals surface area (Å²) in [6, 6.07) is 5.54. The number of Topliss-reactive ketones (excluding diaryl/α,β-unsaturated/α-hetero) is 1. The quantitative estimate of drug-likeness (QED) is 0.634. The second kappa shape index (κ2) is 4.82. The van der Waals surface area contributed by atoms with Gasteiger partial charge in [-0.05, 0) is 24.3 Å². The van der Waals surface area contributed by atoms with Gasteiger partial charge in [0.25, 0.3) is 0 Å². The van der Waals surface area contributed by atoms with E-state index in [4.69, 9.17) is 0 Å². The van der Waals surface area contributed by atoms with E-state index >= 15 is 0 Å². The van der Waals surface area contributed by atoms with Crippen LogP contribution >= 0.6 is 12.6 Å². The molecule has 3 heteroatoms. The lowest BCUT2D eigenvalue weighted by atomic mass is 9.98. The van der Waals surface area contributed by atoms with E-state index in [1.165, 1.54) is 0 Å². The van der Waals surface area contributed by atoms with Crippen LogP contribution in [0.25, 0.3) is 5.57 Å². The molecule has 0 spiro atoms. The molecule has 0 aliphatic heterocycles. The molecule has 1 aromatic heterocycles. The summed E-state index contributed by atoms with van der Waals surface area (Å²) in [6.07, 6.45) is 5.08. The van der Waals surface area contributed by atoms with Crippen molar-refractivity contribution in [2.24, 2.45) is 0 Å². The fourth-order valence-corrected chi connectivity index (χ4v) is 1.59.